The third-order valence-corrected chi connectivity index (χ3v) is 2.57. The van der Waals surface area contributed by atoms with Crippen molar-refractivity contribution in [3.63, 3.8) is 0 Å². The molecule has 3 nitrogen and oxygen atoms in total. The number of nitrogens with one attached hydrogen (secondary N) is 1. The molecule has 0 aromatic carbocycles. The zero-order valence-corrected chi connectivity index (χ0v) is 9.43. The number of hydrogen-bond donors (Lipinski definition) is 1. The third-order valence-electron chi connectivity index (χ3n) is 1.57. The molecular formula is C10H16N2OS. The Kier molecular flexibility index (Phi) is 4.76. The maximum absolute atomic E-state index is 5.10. The Morgan fingerprint density at radius 2 is 2.50 bits per heavy atom. The lowest BCUT2D eigenvalue weighted by Crippen LogP contribution is -2.25. The third kappa shape index (κ3) is 4.48. The molecule has 78 valence electrons. The lowest BCUT2D eigenvalue weighted by molar-refractivity contribution is 0.454. The van der Waals surface area contributed by atoms with Crippen LogP contribution in [0.2, 0.25) is 0 Å². The van der Waals surface area contributed by atoms with E-state index in [1.165, 1.54) is 0 Å². The largest absolute Gasteiger partial charge is 0.440 e. The maximum atomic E-state index is 5.10. The Balaban J connectivity index is 2.15. The van der Waals surface area contributed by atoms with Gasteiger partial charge < -0.3 is 9.73 Å². The van der Waals surface area contributed by atoms with E-state index in [0.717, 1.165) is 17.9 Å². The highest BCUT2D eigenvalue weighted by atomic mass is 32.2. The second-order valence-electron chi connectivity index (χ2n) is 3.37. The highest BCUT2D eigenvalue weighted by molar-refractivity contribution is 7.99. The summed E-state index contributed by atoms with van der Waals surface area (Å²) in [7, 11) is 0. The summed E-state index contributed by atoms with van der Waals surface area (Å²) in [5.74, 6) is 0.847. The van der Waals surface area contributed by atoms with Gasteiger partial charge in [0.25, 0.3) is 5.22 Å². The van der Waals surface area contributed by atoms with Gasteiger partial charge in [0.1, 0.15) is 6.26 Å². The molecule has 0 atom stereocenters. The summed E-state index contributed by atoms with van der Waals surface area (Å²) in [5.41, 5.74) is 1.15. The van der Waals surface area contributed by atoms with Crippen LogP contribution in [0.25, 0.3) is 0 Å². The van der Waals surface area contributed by atoms with Crippen molar-refractivity contribution in [3.05, 3.63) is 24.6 Å². The second-order valence-corrected chi connectivity index (χ2v) is 4.30. The second kappa shape index (κ2) is 5.88. The molecule has 0 amide bonds. The minimum Gasteiger partial charge on any atom is -0.440 e. The van der Waals surface area contributed by atoms with Gasteiger partial charge in [-0.15, -0.1) is 0 Å². The number of aromatic nitrogens is 1. The Bertz CT molecular complexity index is 270. The van der Waals surface area contributed by atoms with Crippen LogP contribution in [0.1, 0.15) is 13.8 Å². The van der Waals surface area contributed by atoms with Crippen LogP contribution < -0.4 is 5.32 Å². The highest BCUT2D eigenvalue weighted by Crippen LogP contribution is 2.16. The van der Waals surface area contributed by atoms with E-state index in [9.17, 15) is 0 Å². The molecule has 0 unspecified atom stereocenters. The first-order valence-electron chi connectivity index (χ1n) is 4.61. The first-order chi connectivity index (χ1) is 6.68. The highest BCUT2D eigenvalue weighted by Gasteiger charge is 2.01. The molecule has 1 aromatic heterocycles. The zero-order valence-electron chi connectivity index (χ0n) is 8.62. The number of thioether (sulfide) groups is 1. The number of nitrogens with zero attached hydrogens (tertiary/aromatic N) is 1. The van der Waals surface area contributed by atoms with Crippen LogP contribution in [-0.2, 0) is 0 Å². The minimum atomic E-state index is 0.499. The van der Waals surface area contributed by atoms with Crippen molar-refractivity contribution in [2.24, 2.45) is 0 Å². The predicted molar refractivity (Wildman–Crippen MR) is 59.5 cm³/mol. The molecule has 0 saturated carbocycles. The van der Waals surface area contributed by atoms with Gasteiger partial charge in [-0.3, -0.25) is 0 Å². The van der Waals surface area contributed by atoms with Crippen LogP contribution in [0.15, 0.2) is 34.3 Å². The summed E-state index contributed by atoms with van der Waals surface area (Å²) >= 11 is 1.57. The van der Waals surface area contributed by atoms with E-state index in [0.29, 0.717) is 11.3 Å². The predicted octanol–water partition coefficient (Wildman–Crippen LogP) is 2.32. The van der Waals surface area contributed by atoms with Gasteiger partial charge in [-0.2, -0.15) is 0 Å². The SMILES string of the molecule is C=C(CNC(C)C)CSc1ncco1. The van der Waals surface area contributed by atoms with Crippen molar-refractivity contribution in [2.75, 3.05) is 12.3 Å². The van der Waals surface area contributed by atoms with Crippen LogP contribution >= 0.6 is 11.8 Å². The normalized spacial score (nSPS) is 10.8. The molecule has 1 aromatic rings. The molecular weight excluding hydrogens is 196 g/mol. The Morgan fingerprint density at radius 3 is 3.07 bits per heavy atom. The van der Waals surface area contributed by atoms with Crippen molar-refractivity contribution in [1.82, 2.24) is 10.3 Å². The van der Waals surface area contributed by atoms with E-state index in [2.05, 4.69) is 30.7 Å². The summed E-state index contributed by atoms with van der Waals surface area (Å²) in [4.78, 5) is 4.02. The molecule has 14 heavy (non-hydrogen) atoms. The molecule has 0 aliphatic rings. The fourth-order valence-corrected chi connectivity index (χ4v) is 1.53. The van der Waals surface area contributed by atoms with Crippen LogP contribution in [0, 0.1) is 0 Å². The van der Waals surface area contributed by atoms with Crippen molar-refractivity contribution in [3.8, 4) is 0 Å². The van der Waals surface area contributed by atoms with E-state index in [4.69, 9.17) is 4.42 Å². The smallest absolute Gasteiger partial charge is 0.255 e. The quantitative estimate of drug-likeness (QED) is 0.580. The van der Waals surface area contributed by atoms with Gasteiger partial charge in [0.05, 0.1) is 6.20 Å². The molecule has 1 heterocycles. The molecule has 1 rings (SSSR count). The Morgan fingerprint density at radius 1 is 1.71 bits per heavy atom. The standard InChI is InChI=1S/C10H16N2OS/c1-8(2)12-6-9(3)7-14-10-11-4-5-13-10/h4-5,8,12H,3,6-7H2,1-2H3. The van der Waals surface area contributed by atoms with Crippen molar-refractivity contribution >= 4 is 11.8 Å². The number of rotatable bonds is 6. The van der Waals surface area contributed by atoms with Crippen molar-refractivity contribution in [1.29, 1.82) is 0 Å². The molecule has 1 N–H and O–H groups in total. The fourth-order valence-electron chi connectivity index (χ4n) is 0.845. The van der Waals surface area contributed by atoms with Gasteiger partial charge in [-0.25, -0.2) is 4.98 Å². The number of oxazole rings is 1. The monoisotopic (exact) mass is 212 g/mol. The van der Waals surface area contributed by atoms with Gasteiger partial charge in [0, 0.05) is 18.3 Å². The molecule has 0 bridgehead atoms. The maximum Gasteiger partial charge on any atom is 0.255 e. The average molecular weight is 212 g/mol. The van der Waals surface area contributed by atoms with E-state index in [1.54, 1.807) is 24.2 Å². The Hall–Kier alpha value is -0.740. The van der Waals surface area contributed by atoms with Crippen molar-refractivity contribution < 1.29 is 4.42 Å². The van der Waals surface area contributed by atoms with Crippen LogP contribution in [-0.4, -0.2) is 23.3 Å². The van der Waals surface area contributed by atoms with Gasteiger partial charge in [-0.05, 0) is 0 Å². The van der Waals surface area contributed by atoms with E-state index < -0.39 is 0 Å². The molecule has 0 fully saturated rings. The number of hydrogen-bond acceptors (Lipinski definition) is 4. The van der Waals surface area contributed by atoms with Crippen LogP contribution in [0.5, 0.6) is 0 Å². The summed E-state index contributed by atoms with van der Waals surface area (Å²) in [5, 5.41) is 4.02. The molecule has 0 radical (unpaired) electrons. The van der Waals surface area contributed by atoms with E-state index >= 15 is 0 Å². The van der Waals surface area contributed by atoms with E-state index in [1.807, 2.05) is 0 Å². The van der Waals surface area contributed by atoms with Gasteiger partial charge >= 0.3 is 0 Å². The van der Waals surface area contributed by atoms with Gasteiger partial charge in [0.2, 0.25) is 0 Å². The lowest BCUT2D eigenvalue weighted by Gasteiger charge is -2.08. The Labute approximate surface area is 89.0 Å². The fraction of sp³-hybridized carbons (Fsp3) is 0.500. The van der Waals surface area contributed by atoms with Gasteiger partial charge in [-0.1, -0.05) is 37.8 Å². The topological polar surface area (TPSA) is 38.1 Å². The molecule has 0 saturated heterocycles. The van der Waals surface area contributed by atoms with E-state index in [-0.39, 0.29) is 0 Å². The van der Waals surface area contributed by atoms with Crippen LogP contribution in [0.3, 0.4) is 0 Å². The van der Waals surface area contributed by atoms with Gasteiger partial charge in [0.15, 0.2) is 0 Å². The van der Waals surface area contributed by atoms with Crippen LogP contribution in [0.4, 0.5) is 0 Å². The molecule has 0 spiro atoms. The molecule has 4 heteroatoms. The first-order valence-corrected chi connectivity index (χ1v) is 5.59. The molecule has 0 aliphatic carbocycles. The summed E-state index contributed by atoms with van der Waals surface area (Å²) in [6, 6.07) is 0.499. The van der Waals surface area contributed by atoms with Crippen molar-refractivity contribution in [2.45, 2.75) is 25.1 Å². The summed E-state index contributed by atoms with van der Waals surface area (Å²) in [6.45, 7) is 9.06. The lowest BCUT2D eigenvalue weighted by atomic mass is 10.3. The average Bonchev–Trinajstić information content (AvgIpc) is 2.63. The molecule has 0 aliphatic heterocycles. The summed E-state index contributed by atoms with van der Waals surface area (Å²) < 4.78 is 5.10. The minimum absolute atomic E-state index is 0.499. The summed E-state index contributed by atoms with van der Waals surface area (Å²) in [6.07, 6.45) is 3.23. The first kappa shape index (κ1) is 11.3. The zero-order chi connectivity index (χ0) is 10.4.